The second-order valence-electron chi connectivity index (χ2n) is 6.89. The molecule has 0 radical (unpaired) electrons. The van der Waals surface area contributed by atoms with Crippen molar-refractivity contribution in [1.29, 1.82) is 5.26 Å². The average molecular weight is 352 g/mol. The Morgan fingerprint density at radius 2 is 1.81 bits per heavy atom. The molecule has 3 heterocycles. The zero-order valence-electron chi connectivity index (χ0n) is 15.3. The van der Waals surface area contributed by atoms with E-state index in [-0.39, 0.29) is 11.1 Å². The highest BCUT2D eigenvalue weighted by Crippen LogP contribution is 2.20. The van der Waals surface area contributed by atoms with Gasteiger partial charge in [-0.05, 0) is 24.5 Å². The number of nitriles is 1. The molecule has 136 valence electrons. The summed E-state index contributed by atoms with van der Waals surface area (Å²) in [6.07, 6.45) is 6.20. The highest BCUT2D eigenvalue weighted by molar-refractivity contribution is 5.59. The maximum absolute atomic E-state index is 12.6. The fraction of sp³-hybridized carbons (Fsp3) is 0.474. The van der Waals surface area contributed by atoms with Crippen LogP contribution >= 0.6 is 0 Å². The van der Waals surface area contributed by atoms with Gasteiger partial charge in [-0.1, -0.05) is 13.8 Å². The van der Waals surface area contributed by atoms with Crippen molar-refractivity contribution in [2.75, 3.05) is 36.0 Å². The predicted octanol–water partition coefficient (Wildman–Crippen LogP) is 1.88. The van der Waals surface area contributed by atoms with Crippen LogP contribution in [0.15, 0.2) is 35.5 Å². The van der Waals surface area contributed by atoms with E-state index in [4.69, 9.17) is 0 Å². The van der Waals surface area contributed by atoms with E-state index in [2.05, 4.69) is 39.7 Å². The minimum absolute atomic E-state index is 0.195. The molecule has 2 aromatic rings. The Kier molecular flexibility index (Phi) is 5.52. The predicted molar refractivity (Wildman–Crippen MR) is 101 cm³/mol. The topological polar surface area (TPSA) is 78.0 Å². The summed E-state index contributed by atoms with van der Waals surface area (Å²) in [4.78, 5) is 25.4. The lowest BCUT2D eigenvalue weighted by atomic mass is 10.1. The molecule has 1 aliphatic rings. The summed E-state index contributed by atoms with van der Waals surface area (Å²) < 4.78 is 1.65. The monoisotopic (exact) mass is 352 g/mol. The Morgan fingerprint density at radius 3 is 2.42 bits per heavy atom. The van der Waals surface area contributed by atoms with Crippen LogP contribution < -0.4 is 15.4 Å². The smallest absolute Gasteiger partial charge is 0.270 e. The molecule has 1 aliphatic heterocycles. The maximum Gasteiger partial charge on any atom is 0.270 e. The van der Waals surface area contributed by atoms with Gasteiger partial charge in [-0.2, -0.15) is 5.26 Å². The van der Waals surface area contributed by atoms with Gasteiger partial charge in [0.2, 0.25) is 5.95 Å². The molecule has 7 nitrogen and oxygen atoms in total. The first-order valence-corrected chi connectivity index (χ1v) is 9.00. The molecule has 0 aliphatic carbocycles. The molecule has 0 unspecified atom stereocenters. The van der Waals surface area contributed by atoms with Gasteiger partial charge in [-0.3, -0.25) is 4.79 Å². The summed E-state index contributed by atoms with van der Waals surface area (Å²) >= 11 is 0. The van der Waals surface area contributed by atoms with Crippen LogP contribution in [0, 0.1) is 17.2 Å². The van der Waals surface area contributed by atoms with Crippen LogP contribution in [-0.2, 0) is 6.54 Å². The fourth-order valence-corrected chi connectivity index (χ4v) is 3.11. The molecule has 1 fully saturated rings. The van der Waals surface area contributed by atoms with Crippen LogP contribution in [0.2, 0.25) is 0 Å². The number of aromatic nitrogens is 3. The number of hydrogen-bond donors (Lipinski definition) is 0. The van der Waals surface area contributed by atoms with E-state index in [9.17, 15) is 10.1 Å². The maximum atomic E-state index is 12.6. The first kappa shape index (κ1) is 17.9. The van der Waals surface area contributed by atoms with Crippen molar-refractivity contribution >= 4 is 11.6 Å². The zero-order chi connectivity index (χ0) is 18.5. The van der Waals surface area contributed by atoms with Gasteiger partial charge in [0.05, 0.1) is 5.69 Å². The van der Waals surface area contributed by atoms with E-state index in [1.807, 2.05) is 12.3 Å². The number of rotatable bonds is 5. The molecule has 1 saturated heterocycles. The highest BCUT2D eigenvalue weighted by Gasteiger charge is 2.22. The average Bonchev–Trinajstić information content (AvgIpc) is 2.67. The van der Waals surface area contributed by atoms with Crippen LogP contribution in [0.4, 0.5) is 11.6 Å². The minimum Gasteiger partial charge on any atom is -0.367 e. The number of anilines is 2. The Labute approximate surface area is 153 Å². The number of hydrogen-bond acceptors (Lipinski definition) is 6. The first-order valence-electron chi connectivity index (χ1n) is 9.00. The van der Waals surface area contributed by atoms with Crippen molar-refractivity contribution in [2.45, 2.75) is 26.8 Å². The van der Waals surface area contributed by atoms with Crippen molar-refractivity contribution in [3.8, 4) is 6.07 Å². The van der Waals surface area contributed by atoms with E-state index < -0.39 is 0 Å². The third-order valence-corrected chi connectivity index (χ3v) is 4.66. The third-order valence-electron chi connectivity index (χ3n) is 4.66. The van der Waals surface area contributed by atoms with Gasteiger partial charge in [-0.15, -0.1) is 0 Å². The van der Waals surface area contributed by atoms with Gasteiger partial charge in [-0.25, -0.2) is 9.97 Å². The van der Waals surface area contributed by atoms with Crippen LogP contribution in [0.1, 0.15) is 25.8 Å². The van der Waals surface area contributed by atoms with E-state index in [1.165, 1.54) is 0 Å². The number of pyridine rings is 1. The molecule has 0 aromatic carbocycles. The highest BCUT2D eigenvalue weighted by atomic mass is 16.1. The van der Waals surface area contributed by atoms with Gasteiger partial charge in [0.25, 0.3) is 5.56 Å². The quantitative estimate of drug-likeness (QED) is 0.818. The van der Waals surface area contributed by atoms with Gasteiger partial charge in [0.15, 0.2) is 0 Å². The zero-order valence-corrected chi connectivity index (χ0v) is 15.3. The van der Waals surface area contributed by atoms with Crippen LogP contribution in [0.3, 0.4) is 0 Å². The largest absolute Gasteiger partial charge is 0.367 e. The van der Waals surface area contributed by atoms with E-state index >= 15 is 0 Å². The summed E-state index contributed by atoms with van der Waals surface area (Å²) in [6, 6.07) is 5.82. The Bertz CT molecular complexity index is 831. The van der Waals surface area contributed by atoms with Crippen LogP contribution in [0.25, 0.3) is 0 Å². The molecule has 0 atom stereocenters. The van der Waals surface area contributed by atoms with E-state index in [1.54, 1.807) is 23.0 Å². The summed E-state index contributed by atoms with van der Waals surface area (Å²) in [7, 11) is 0. The third kappa shape index (κ3) is 3.85. The molecule has 0 amide bonds. The molecule has 26 heavy (non-hydrogen) atoms. The van der Waals surface area contributed by atoms with Gasteiger partial charge < -0.3 is 14.4 Å². The molecular weight excluding hydrogens is 328 g/mol. The molecule has 0 N–H and O–H groups in total. The van der Waals surface area contributed by atoms with Crippen LogP contribution in [0.5, 0.6) is 0 Å². The SMILES string of the molecule is CC(C)CCn1ccc(N2CCN(c3ncccn3)CC2)c(C#N)c1=O. The van der Waals surface area contributed by atoms with Gasteiger partial charge in [0, 0.05) is 51.3 Å². The number of piperazine rings is 1. The first-order chi connectivity index (χ1) is 12.6. The normalized spacial score (nSPS) is 14.5. The van der Waals surface area contributed by atoms with Gasteiger partial charge in [0.1, 0.15) is 11.6 Å². The summed E-state index contributed by atoms with van der Waals surface area (Å²) in [5, 5.41) is 9.54. The standard InChI is InChI=1S/C19H24N6O/c1-15(2)4-8-24-9-5-17(16(14-20)18(24)26)23-10-12-25(13-11-23)19-21-6-3-7-22-19/h3,5-7,9,15H,4,8,10-13H2,1-2H3. The fourth-order valence-electron chi connectivity index (χ4n) is 3.11. The Morgan fingerprint density at radius 1 is 1.15 bits per heavy atom. The molecule has 2 aromatic heterocycles. The Balaban J connectivity index is 1.75. The lowest BCUT2D eigenvalue weighted by molar-refractivity contribution is 0.507. The second kappa shape index (κ2) is 8.00. The van der Waals surface area contributed by atoms with Crippen LogP contribution in [-0.4, -0.2) is 40.7 Å². The molecular formula is C19H24N6O. The molecule has 7 heteroatoms. The molecule has 0 bridgehead atoms. The number of nitrogens with zero attached hydrogens (tertiary/aromatic N) is 6. The molecule has 3 rings (SSSR count). The van der Waals surface area contributed by atoms with E-state index in [0.29, 0.717) is 12.5 Å². The Hall–Kier alpha value is -2.88. The lowest BCUT2D eigenvalue weighted by Gasteiger charge is -2.36. The minimum atomic E-state index is -0.195. The van der Waals surface area contributed by atoms with Crippen molar-refractivity contribution in [3.63, 3.8) is 0 Å². The lowest BCUT2D eigenvalue weighted by Crippen LogP contribution is -2.47. The second-order valence-corrected chi connectivity index (χ2v) is 6.89. The summed E-state index contributed by atoms with van der Waals surface area (Å²) in [5.41, 5.74) is 0.770. The van der Waals surface area contributed by atoms with E-state index in [0.717, 1.165) is 44.2 Å². The molecule has 0 saturated carbocycles. The van der Waals surface area contributed by atoms with Crippen molar-refractivity contribution < 1.29 is 0 Å². The number of aryl methyl sites for hydroxylation is 1. The van der Waals surface area contributed by atoms with Crippen molar-refractivity contribution in [2.24, 2.45) is 5.92 Å². The van der Waals surface area contributed by atoms with Crippen molar-refractivity contribution in [3.05, 3.63) is 46.6 Å². The van der Waals surface area contributed by atoms with Crippen molar-refractivity contribution in [1.82, 2.24) is 14.5 Å². The van der Waals surface area contributed by atoms with Gasteiger partial charge >= 0.3 is 0 Å². The molecule has 0 spiro atoms. The summed E-state index contributed by atoms with van der Waals surface area (Å²) in [5.74, 6) is 1.23. The summed E-state index contributed by atoms with van der Waals surface area (Å²) in [6.45, 7) is 7.85.